The normalized spacial score (nSPS) is 10.4. The summed E-state index contributed by atoms with van der Waals surface area (Å²) in [6.07, 6.45) is 1.15. The molecule has 0 fully saturated rings. The highest BCUT2D eigenvalue weighted by Crippen LogP contribution is 2.25. The van der Waals surface area contributed by atoms with Crippen LogP contribution in [0, 0.1) is 5.92 Å². The van der Waals surface area contributed by atoms with E-state index in [2.05, 4.69) is 4.74 Å². The quantitative estimate of drug-likeness (QED) is 0.733. The van der Waals surface area contributed by atoms with Crippen molar-refractivity contribution in [2.75, 3.05) is 0 Å². The molecule has 0 radical (unpaired) electrons. The molecular formula is C13H15ClO3. The highest BCUT2D eigenvalue weighted by atomic mass is 35.5. The van der Waals surface area contributed by atoms with Gasteiger partial charge in [0.25, 0.3) is 6.47 Å². The third-order valence-corrected chi connectivity index (χ3v) is 2.77. The highest BCUT2D eigenvalue weighted by Gasteiger charge is 2.08. The Morgan fingerprint density at radius 3 is 2.71 bits per heavy atom. The number of carbonyl (C=O) groups excluding carboxylic acids is 2. The van der Waals surface area contributed by atoms with Gasteiger partial charge < -0.3 is 4.74 Å². The standard InChI is InChI=1S/C13H15ClO3/c1-9(2)12(16)5-3-10-4-6-13(17-8-15)11(14)7-10/h4,6-9H,3,5H2,1-2H3. The highest BCUT2D eigenvalue weighted by molar-refractivity contribution is 6.32. The number of ketones is 1. The number of carbonyl (C=O) groups is 2. The van der Waals surface area contributed by atoms with Crippen molar-refractivity contribution >= 4 is 23.9 Å². The molecule has 0 heterocycles. The average Bonchev–Trinajstić information content (AvgIpc) is 2.29. The van der Waals surface area contributed by atoms with Crippen molar-refractivity contribution in [3.8, 4) is 5.75 Å². The van der Waals surface area contributed by atoms with Crippen LogP contribution in [0.3, 0.4) is 0 Å². The largest absolute Gasteiger partial charge is 0.427 e. The Labute approximate surface area is 106 Å². The summed E-state index contributed by atoms with van der Waals surface area (Å²) >= 11 is 5.92. The lowest BCUT2D eigenvalue weighted by Crippen LogP contribution is -2.07. The van der Waals surface area contributed by atoms with Gasteiger partial charge in [-0.25, -0.2) is 0 Å². The van der Waals surface area contributed by atoms with Crippen molar-refractivity contribution < 1.29 is 14.3 Å². The molecule has 4 heteroatoms. The SMILES string of the molecule is CC(C)C(=O)CCc1ccc(OC=O)c(Cl)c1. The number of aryl methyl sites for hydroxylation is 1. The summed E-state index contributed by atoms with van der Waals surface area (Å²) < 4.78 is 4.68. The van der Waals surface area contributed by atoms with Gasteiger partial charge >= 0.3 is 0 Å². The lowest BCUT2D eigenvalue weighted by Gasteiger charge is -2.06. The molecule has 0 atom stereocenters. The fraction of sp³-hybridized carbons (Fsp3) is 0.385. The molecule has 0 unspecified atom stereocenters. The van der Waals surface area contributed by atoms with Crippen LogP contribution in [0.25, 0.3) is 0 Å². The van der Waals surface area contributed by atoms with Gasteiger partial charge in [0.2, 0.25) is 0 Å². The van der Waals surface area contributed by atoms with Gasteiger partial charge in [0, 0.05) is 12.3 Å². The van der Waals surface area contributed by atoms with Crippen LogP contribution in [0.4, 0.5) is 0 Å². The Balaban J connectivity index is 2.64. The monoisotopic (exact) mass is 254 g/mol. The second kappa shape index (κ2) is 6.40. The van der Waals surface area contributed by atoms with Crippen molar-refractivity contribution in [2.24, 2.45) is 5.92 Å². The fourth-order valence-electron chi connectivity index (χ4n) is 1.40. The van der Waals surface area contributed by atoms with E-state index in [4.69, 9.17) is 11.6 Å². The van der Waals surface area contributed by atoms with Crippen molar-refractivity contribution in [1.82, 2.24) is 0 Å². The average molecular weight is 255 g/mol. The van der Waals surface area contributed by atoms with E-state index in [0.717, 1.165) is 5.56 Å². The number of Topliss-reactive ketones (excluding diaryl/α,β-unsaturated/α-hetero) is 1. The van der Waals surface area contributed by atoms with E-state index >= 15 is 0 Å². The summed E-state index contributed by atoms with van der Waals surface area (Å²) in [6.45, 7) is 4.11. The van der Waals surface area contributed by atoms with Crippen molar-refractivity contribution in [3.63, 3.8) is 0 Å². The lowest BCUT2D eigenvalue weighted by atomic mass is 10.0. The Bertz CT molecular complexity index is 413. The maximum Gasteiger partial charge on any atom is 0.298 e. The van der Waals surface area contributed by atoms with Gasteiger partial charge in [-0.3, -0.25) is 9.59 Å². The molecule has 0 aliphatic rings. The Hall–Kier alpha value is -1.35. The van der Waals surface area contributed by atoms with Crippen molar-refractivity contribution in [3.05, 3.63) is 28.8 Å². The molecular weight excluding hydrogens is 240 g/mol. The number of hydrogen-bond acceptors (Lipinski definition) is 3. The molecule has 0 amide bonds. The van der Waals surface area contributed by atoms with Gasteiger partial charge in [-0.1, -0.05) is 31.5 Å². The van der Waals surface area contributed by atoms with E-state index in [1.165, 1.54) is 0 Å². The maximum atomic E-state index is 11.5. The summed E-state index contributed by atoms with van der Waals surface area (Å²) in [5.74, 6) is 0.623. The van der Waals surface area contributed by atoms with E-state index in [1.807, 2.05) is 13.8 Å². The summed E-state index contributed by atoms with van der Waals surface area (Å²) in [5, 5.41) is 0.381. The molecule has 92 valence electrons. The first-order valence-electron chi connectivity index (χ1n) is 5.46. The van der Waals surface area contributed by atoms with E-state index < -0.39 is 0 Å². The minimum absolute atomic E-state index is 0.0585. The molecule has 0 saturated heterocycles. The van der Waals surface area contributed by atoms with Crippen LogP contribution < -0.4 is 4.74 Å². The van der Waals surface area contributed by atoms with Crippen molar-refractivity contribution in [1.29, 1.82) is 0 Å². The summed E-state index contributed by atoms with van der Waals surface area (Å²) in [4.78, 5) is 21.6. The van der Waals surface area contributed by atoms with Gasteiger partial charge in [0.15, 0.2) is 0 Å². The van der Waals surface area contributed by atoms with Gasteiger partial charge in [-0.2, -0.15) is 0 Å². The topological polar surface area (TPSA) is 43.4 Å². The van der Waals surface area contributed by atoms with Crippen LogP contribution in [0.15, 0.2) is 18.2 Å². The molecule has 0 spiro atoms. The second-order valence-corrected chi connectivity index (χ2v) is 4.51. The van der Waals surface area contributed by atoms with Gasteiger partial charge in [0.05, 0.1) is 5.02 Å². The number of hydrogen-bond donors (Lipinski definition) is 0. The first-order valence-corrected chi connectivity index (χ1v) is 5.84. The molecule has 0 bridgehead atoms. The number of ether oxygens (including phenoxy) is 1. The van der Waals surface area contributed by atoms with Crippen LogP contribution in [-0.4, -0.2) is 12.3 Å². The van der Waals surface area contributed by atoms with E-state index in [9.17, 15) is 9.59 Å². The predicted molar refractivity (Wildman–Crippen MR) is 66.3 cm³/mol. The molecule has 0 N–H and O–H groups in total. The molecule has 1 rings (SSSR count). The minimum Gasteiger partial charge on any atom is -0.427 e. The molecule has 1 aromatic rings. The molecule has 0 saturated carbocycles. The number of benzene rings is 1. The molecule has 0 aliphatic heterocycles. The summed E-state index contributed by atoms with van der Waals surface area (Å²) in [5.41, 5.74) is 0.960. The van der Waals surface area contributed by atoms with E-state index in [0.29, 0.717) is 30.1 Å². The predicted octanol–water partition coefficient (Wildman–Crippen LogP) is 3.03. The molecule has 0 aromatic heterocycles. The fourth-order valence-corrected chi connectivity index (χ4v) is 1.65. The zero-order valence-electron chi connectivity index (χ0n) is 9.90. The van der Waals surface area contributed by atoms with Gasteiger partial charge in [-0.15, -0.1) is 0 Å². The third-order valence-electron chi connectivity index (χ3n) is 2.48. The smallest absolute Gasteiger partial charge is 0.298 e. The molecule has 0 aliphatic carbocycles. The van der Waals surface area contributed by atoms with E-state index in [-0.39, 0.29) is 11.7 Å². The van der Waals surface area contributed by atoms with Gasteiger partial charge in [0.1, 0.15) is 11.5 Å². The second-order valence-electron chi connectivity index (χ2n) is 4.10. The van der Waals surface area contributed by atoms with Crippen LogP contribution in [0.5, 0.6) is 5.75 Å². The Kier molecular flexibility index (Phi) is 5.16. The minimum atomic E-state index is 0.0585. The summed E-state index contributed by atoms with van der Waals surface area (Å²) in [6, 6.07) is 5.15. The number of halogens is 1. The van der Waals surface area contributed by atoms with Crippen LogP contribution in [0.2, 0.25) is 5.02 Å². The molecule has 1 aromatic carbocycles. The van der Waals surface area contributed by atoms with Crippen LogP contribution >= 0.6 is 11.6 Å². The zero-order valence-corrected chi connectivity index (χ0v) is 10.7. The third kappa shape index (κ3) is 4.19. The van der Waals surface area contributed by atoms with E-state index in [1.54, 1.807) is 18.2 Å². The molecule has 3 nitrogen and oxygen atoms in total. The lowest BCUT2D eigenvalue weighted by molar-refractivity contribution is -0.122. The van der Waals surface area contributed by atoms with Crippen molar-refractivity contribution in [2.45, 2.75) is 26.7 Å². The maximum absolute atomic E-state index is 11.5. The first kappa shape index (κ1) is 13.7. The Morgan fingerprint density at radius 2 is 2.18 bits per heavy atom. The van der Waals surface area contributed by atoms with Crippen LogP contribution in [-0.2, 0) is 16.0 Å². The summed E-state index contributed by atoms with van der Waals surface area (Å²) in [7, 11) is 0. The first-order chi connectivity index (χ1) is 8.04. The zero-order chi connectivity index (χ0) is 12.8. The van der Waals surface area contributed by atoms with Gasteiger partial charge in [-0.05, 0) is 24.1 Å². The molecule has 17 heavy (non-hydrogen) atoms. The number of rotatable bonds is 6. The van der Waals surface area contributed by atoms with Crippen LogP contribution in [0.1, 0.15) is 25.8 Å². The Morgan fingerprint density at radius 1 is 1.47 bits per heavy atom.